The number of ether oxygens (including phenoxy) is 1. The van der Waals surface area contributed by atoms with Gasteiger partial charge < -0.3 is 4.74 Å². The van der Waals surface area contributed by atoms with E-state index in [0.717, 1.165) is 29.3 Å². The molecule has 0 N–H and O–H groups in total. The second-order valence-electron chi connectivity index (χ2n) is 5.15. The molecule has 0 bridgehead atoms. The molecule has 0 aromatic heterocycles. The molecule has 2 rings (SSSR count). The van der Waals surface area contributed by atoms with Gasteiger partial charge in [0.1, 0.15) is 0 Å². The van der Waals surface area contributed by atoms with E-state index in [1.807, 2.05) is 36.4 Å². The number of halogens is 2. The highest BCUT2D eigenvalue weighted by Crippen LogP contribution is 2.25. The summed E-state index contributed by atoms with van der Waals surface area (Å²) in [4.78, 5) is 12.0. The third kappa shape index (κ3) is 4.85. The van der Waals surface area contributed by atoms with Crippen molar-refractivity contribution < 1.29 is 9.53 Å². The molecular weight excluding hydrogens is 364 g/mol. The lowest BCUT2D eigenvalue weighted by Gasteiger charge is -2.15. The molecule has 2 nitrogen and oxygen atoms in total. The van der Waals surface area contributed by atoms with Gasteiger partial charge in [-0.15, -0.1) is 0 Å². The molecule has 0 saturated heterocycles. The van der Waals surface area contributed by atoms with E-state index >= 15 is 0 Å². The quantitative estimate of drug-likeness (QED) is 0.628. The summed E-state index contributed by atoms with van der Waals surface area (Å²) >= 11 is 9.34. The highest BCUT2D eigenvalue weighted by molar-refractivity contribution is 9.10. The first-order valence-corrected chi connectivity index (χ1v) is 8.35. The van der Waals surface area contributed by atoms with Crippen molar-refractivity contribution >= 4 is 33.5 Å². The van der Waals surface area contributed by atoms with Gasteiger partial charge >= 0.3 is 5.97 Å². The Morgan fingerprint density at radius 2 is 1.77 bits per heavy atom. The van der Waals surface area contributed by atoms with Crippen LogP contribution in [0.3, 0.4) is 0 Å². The summed E-state index contributed by atoms with van der Waals surface area (Å²) in [5.41, 5.74) is 2.22. The van der Waals surface area contributed by atoms with Crippen LogP contribution < -0.4 is 0 Å². The van der Waals surface area contributed by atoms with Crippen molar-refractivity contribution in [2.45, 2.75) is 25.2 Å². The maximum absolute atomic E-state index is 12.0. The van der Waals surface area contributed by atoms with Crippen molar-refractivity contribution in [1.82, 2.24) is 0 Å². The minimum absolute atomic E-state index is 0.196. The third-order valence-electron chi connectivity index (χ3n) is 3.63. The molecule has 1 atom stereocenters. The van der Waals surface area contributed by atoms with Crippen molar-refractivity contribution in [2.75, 3.05) is 7.11 Å². The predicted octanol–water partition coefficient (Wildman–Crippen LogP) is 5.38. The average molecular weight is 382 g/mol. The maximum atomic E-state index is 12.0. The van der Waals surface area contributed by atoms with Crippen LogP contribution in [0.25, 0.3) is 0 Å². The van der Waals surface area contributed by atoms with Crippen molar-refractivity contribution in [3.05, 3.63) is 69.2 Å². The van der Waals surface area contributed by atoms with Crippen LogP contribution in [0.5, 0.6) is 0 Å². The van der Waals surface area contributed by atoms with Crippen LogP contribution in [-0.4, -0.2) is 13.1 Å². The molecule has 0 heterocycles. The van der Waals surface area contributed by atoms with Gasteiger partial charge in [-0.25, -0.2) is 0 Å². The van der Waals surface area contributed by atoms with Crippen LogP contribution in [-0.2, 0) is 16.0 Å². The van der Waals surface area contributed by atoms with Gasteiger partial charge in [0.05, 0.1) is 13.0 Å². The number of hydrogen-bond donors (Lipinski definition) is 0. The first kappa shape index (κ1) is 17.0. The van der Waals surface area contributed by atoms with Crippen LogP contribution in [0, 0.1) is 0 Å². The molecule has 4 heteroatoms. The highest BCUT2D eigenvalue weighted by atomic mass is 79.9. The molecular formula is C18H18BrClO2. The molecule has 22 heavy (non-hydrogen) atoms. The molecule has 116 valence electrons. The SMILES string of the molecule is COC(=O)C(CCCc1ccc(Br)cc1)c1ccc(Cl)cc1. The molecule has 0 amide bonds. The molecule has 2 aromatic rings. The Labute approximate surface area is 144 Å². The molecule has 0 radical (unpaired) electrons. The van der Waals surface area contributed by atoms with Gasteiger partial charge in [0.2, 0.25) is 0 Å². The zero-order chi connectivity index (χ0) is 15.9. The highest BCUT2D eigenvalue weighted by Gasteiger charge is 2.20. The Hall–Kier alpha value is -1.32. The van der Waals surface area contributed by atoms with E-state index in [9.17, 15) is 4.79 Å². The van der Waals surface area contributed by atoms with Crippen molar-refractivity contribution in [3.8, 4) is 0 Å². The first-order valence-electron chi connectivity index (χ1n) is 7.18. The van der Waals surface area contributed by atoms with E-state index in [2.05, 4.69) is 28.1 Å². The lowest BCUT2D eigenvalue weighted by Crippen LogP contribution is -2.14. The summed E-state index contributed by atoms with van der Waals surface area (Å²) in [6.45, 7) is 0. The van der Waals surface area contributed by atoms with Gasteiger partial charge in [0.25, 0.3) is 0 Å². The first-order chi connectivity index (χ1) is 10.6. The van der Waals surface area contributed by atoms with Gasteiger partial charge in [-0.05, 0) is 54.7 Å². The van der Waals surface area contributed by atoms with Gasteiger partial charge in [-0.3, -0.25) is 4.79 Å². The van der Waals surface area contributed by atoms with E-state index in [0.29, 0.717) is 5.02 Å². The topological polar surface area (TPSA) is 26.3 Å². The van der Waals surface area contributed by atoms with Crippen LogP contribution in [0.2, 0.25) is 5.02 Å². The summed E-state index contributed by atoms with van der Waals surface area (Å²) in [7, 11) is 1.43. The average Bonchev–Trinajstić information content (AvgIpc) is 2.54. The van der Waals surface area contributed by atoms with E-state index in [4.69, 9.17) is 16.3 Å². The van der Waals surface area contributed by atoms with Gasteiger partial charge in [-0.1, -0.05) is 51.8 Å². The summed E-state index contributed by atoms with van der Waals surface area (Å²) < 4.78 is 6.01. The number of hydrogen-bond acceptors (Lipinski definition) is 2. The molecule has 0 fully saturated rings. The summed E-state index contributed by atoms with van der Waals surface area (Å²) in [5, 5.41) is 0.669. The molecule has 2 aromatic carbocycles. The molecule has 0 spiro atoms. The molecule has 0 aliphatic rings. The minimum atomic E-state index is -0.238. The Bertz CT molecular complexity index is 608. The Kier molecular flexibility index (Phi) is 6.47. The summed E-state index contributed by atoms with van der Waals surface area (Å²) in [6.07, 6.45) is 2.61. The fraction of sp³-hybridized carbons (Fsp3) is 0.278. The number of rotatable bonds is 6. The van der Waals surface area contributed by atoms with E-state index in [-0.39, 0.29) is 11.9 Å². The molecule has 0 aliphatic heterocycles. The van der Waals surface area contributed by atoms with Gasteiger partial charge in [0, 0.05) is 9.50 Å². The van der Waals surface area contributed by atoms with E-state index < -0.39 is 0 Å². The van der Waals surface area contributed by atoms with E-state index in [1.165, 1.54) is 12.7 Å². The molecule has 0 aliphatic carbocycles. The van der Waals surface area contributed by atoms with Crippen molar-refractivity contribution in [2.24, 2.45) is 0 Å². The summed E-state index contributed by atoms with van der Waals surface area (Å²) in [5.74, 6) is -0.434. The van der Waals surface area contributed by atoms with Crippen LogP contribution in [0.4, 0.5) is 0 Å². The summed E-state index contributed by atoms with van der Waals surface area (Å²) in [6, 6.07) is 15.7. The predicted molar refractivity (Wildman–Crippen MR) is 93.3 cm³/mol. The monoisotopic (exact) mass is 380 g/mol. The molecule has 1 unspecified atom stereocenters. The second kappa shape index (κ2) is 8.35. The smallest absolute Gasteiger partial charge is 0.313 e. The standard InChI is InChI=1S/C18H18BrClO2/c1-22-18(21)17(14-7-11-16(20)12-8-14)4-2-3-13-5-9-15(19)10-6-13/h5-12,17H,2-4H2,1H3. The lowest BCUT2D eigenvalue weighted by molar-refractivity contribution is -0.142. The Morgan fingerprint density at radius 3 is 2.36 bits per heavy atom. The fourth-order valence-electron chi connectivity index (χ4n) is 2.42. The zero-order valence-corrected chi connectivity index (χ0v) is 14.7. The Balaban J connectivity index is 1.99. The zero-order valence-electron chi connectivity index (χ0n) is 12.4. The number of aryl methyl sites for hydroxylation is 1. The normalized spacial score (nSPS) is 12.0. The Morgan fingerprint density at radius 1 is 1.14 bits per heavy atom. The van der Waals surface area contributed by atoms with Crippen LogP contribution in [0.15, 0.2) is 53.0 Å². The number of benzene rings is 2. The number of esters is 1. The van der Waals surface area contributed by atoms with Crippen molar-refractivity contribution in [1.29, 1.82) is 0 Å². The second-order valence-corrected chi connectivity index (χ2v) is 6.50. The van der Waals surface area contributed by atoms with Crippen LogP contribution >= 0.6 is 27.5 Å². The fourth-order valence-corrected chi connectivity index (χ4v) is 2.81. The third-order valence-corrected chi connectivity index (χ3v) is 4.41. The largest absolute Gasteiger partial charge is 0.469 e. The van der Waals surface area contributed by atoms with Crippen LogP contribution in [0.1, 0.15) is 29.9 Å². The van der Waals surface area contributed by atoms with E-state index in [1.54, 1.807) is 0 Å². The maximum Gasteiger partial charge on any atom is 0.313 e. The lowest BCUT2D eigenvalue weighted by atomic mass is 9.92. The molecule has 0 saturated carbocycles. The number of carbonyl (C=O) groups excluding carboxylic acids is 1. The number of carbonyl (C=O) groups is 1. The minimum Gasteiger partial charge on any atom is -0.469 e. The van der Waals surface area contributed by atoms with Gasteiger partial charge in [-0.2, -0.15) is 0 Å². The number of methoxy groups -OCH3 is 1. The van der Waals surface area contributed by atoms with Crippen molar-refractivity contribution in [3.63, 3.8) is 0 Å². The van der Waals surface area contributed by atoms with Gasteiger partial charge in [0.15, 0.2) is 0 Å².